The van der Waals surface area contributed by atoms with Crippen molar-refractivity contribution in [1.29, 1.82) is 0 Å². The third kappa shape index (κ3) is 5.42. The number of carbonyl (C=O) groups is 1. The number of rotatable bonds is 8. The van der Waals surface area contributed by atoms with E-state index in [0.717, 1.165) is 37.1 Å². The van der Waals surface area contributed by atoms with Gasteiger partial charge in [0.25, 0.3) is 0 Å². The molecule has 0 saturated carbocycles. The second kappa shape index (κ2) is 9.67. The van der Waals surface area contributed by atoms with Gasteiger partial charge in [-0.25, -0.2) is 4.68 Å². The van der Waals surface area contributed by atoms with Gasteiger partial charge in [-0.2, -0.15) is 0 Å². The molecule has 0 radical (unpaired) electrons. The highest BCUT2D eigenvalue weighted by Gasteiger charge is 2.19. The van der Waals surface area contributed by atoms with E-state index in [1.54, 1.807) is 4.68 Å². The molecule has 8 heteroatoms. The highest BCUT2D eigenvalue weighted by atomic mass is 32.2. The number of ether oxygens (including phenoxy) is 1. The Morgan fingerprint density at radius 1 is 1.17 bits per heavy atom. The van der Waals surface area contributed by atoms with Gasteiger partial charge in [0, 0.05) is 12.3 Å². The normalized spacial score (nSPS) is 16.1. The molecule has 3 aromatic rings. The van der Waals surface area contributed by atoms with E-state index in [1.165, 1.54) is 17.3 Å². The van der Waals surface area contributed by atoms with Crippen LogP contribution in [0.15, 0.2) is 59.8 Å². The zero-order chi connectivity index (χ0) is 19.9. The molecule has 1 atom stereocenters. The Kier molecular flexibility index (Phi) is 6.53. The highest BCUT2D eigenvalue weighted by Crippen LogP contribution is 2.21. The number of nitrogens with zero attached hydrogens (tertiary/aromatic N) is 4. The van der Waals surface area contributed by atoms with Crippen LogP contribution in [0, 0.1) is 0 Å². The first-order chi connectivity index (χ1) is 14.3. The molecule has 0 unspecified atom stereocenters. The van der Waals surface area contributed by atoms with Gasteiger partial charge in [0.15, 0.2) is 0 Å². The topological polar surface area (TPSA) is 81.9 Å². The third-order valence-electron chi connectivity index (χ3n) is 4.76. The van der Waals surface area contributed by atoms with Gasteiger partial charge in [0.2, 0.25) is 11.1 Å². The predicted molar refractivity (Wildman–Crippen MR) is 112 cm³/mol. The SMILES string of the molecule is O=C(CSc1nnnn1C[C@H]1CCCO1)Nc1ccccc1Cc1ccccc1. The average Bonchev–Trinajstić information content (AvgIpc) is 3.41. The summed E-state index contributed by atoms with van der Waals surface area (Å²) in [6.07, 6.45) is 3.00. The molecule has 1 N–H and O–H groups in total. The quantitative estimate of drug-likeness (QED) is 0.576. The van der Waals surface area contributed by atoms with Crippen molar-refractivity contribution in [1.82, 2.24) is 20.2 Å². The Labute approximate surface area is 173 Å². The summed E-state index contributed by atoms with van der Waals surface area (Å²) in [5, 5.41) is 15.5. The monoisotopic (exact) mass is 409 g/mol. The fraction of sp³-hybridized carbons (Fsp3) is 0.333. The first-order valence-electron chi connectivity index (χ1n) is 9.70. The fourth-order valence-electron chi connectivity index (χ4n) is 3.32. The largest absolute Gasteiger partial charge is 0.376 e. The number of amides is 1. The highest BCUT2D eigenvalue weighted by molar-refractivity contribution is 7.99. The lowest BCUT2D eigenvalue weighted by Gasteiger charge is -2.12. The van der Waals surface area contributed by atoms with Crippen molar-refractivity contribution in [2.45, 2.75) is 37.1 Å². The van der Waals surface area contributed by atoms with Crippen LogP contribution in [0.5, 0.6) is 0 Å². The molecule has 150 valence electrons. The van der Waals surface area contributed by atoms with Gasteiger partial charge in [-0.3, -0.25) is 4.79 Å². The minimum absolute atomic E-state index is 0.0813. The van der Waals surface area contributed by atoms with Gasteiger partial charge in [0.05, 0.1) is 18.4 Å². The van der Waals surface area contributed by atoms with E-state index in [1.807, 2.05) is 42.5 Å². The van der Waals surface area contributed by atoms with Crippen molar-refractivity contribution < 1.29 is 9.53 Å². The third-order valence-corrected chi connectivity index (χ3v) is 5.72. The number of nitrogens with one attached hydrogen (secondary N) is 1. The van der Waals surface area contributed by atoms with Gasteiger partial charge < -0.3 is 10.1 Å². The molecule has 2 aromatic carbocycles. The van der Waals surface area contributed by atoms with Gasteiger partial charge >= 0.3 is 0 Å². The lowest BCUT2D eigenvalue weighted by Crippen LogP contribution is -2.18. The predicted octanol–water partition coefficient (Wildman–Crippen LogP) is 3.17. The number of thioether (sulfide) groups is 1. The lowest BCUT2D eigenvalue weighted by molar-refractivity contribution is -0.113. The van der Waals surface area contributed by atoms with Crippen LogP contribution in [-0.4, -0.2) is 44.6 Å². The molecule has 1 fully saturated rings. The molecule has 1 aliphatic rings. The smallest absolute Gasteiger partial charge is 0.234 e. The molecule has 1 aliphatic heterocycles. The Morgan fingerprint density at radius 2 is 2.00 bits per heavy atom. The van der Waals surface area contributed by atoms with Crippen molar-refractivity contribution in [2.75, 3.05) is 17.7 Å². The number of tetrazole rings is 1. The van der Waals surface area contributed by atoms with E-state index in [2.05, 4.69) is 33.0 Å². The maximum Gasteiger partial charge on any atom is 0.234 e. The molecule has 29 heavy (non-hydrogen) atoms. The Bertz CT molecular complexity index is 941. The van der Waals surface area contributed by atoms with Crippen molar-refractivity contribution in [2.24, 2.45) is 0 Å². The molecule has 1 amide bonds. The number of aromatic nitrogens is 4. The Morgan fingerprint density at radius 3 is 2.83 bits per heavy atom. The Balaban J connectivity index is 1.34. The fourth-order valence-corrected chi connectivity index (χ4v) is 4.01. The average molecular weight is 410 g/mol. The molecular formula is C21H23N5O2S. The van der Waals surface area contributed by atoms with E-state index < -0.39 is 0 Å². The molecule has 4 rings (SSSR count). The van der Waals surface area contributed by atoms with Gasteiger partial charge in [-0.1, -0.05) is 60.3 Å². The molecule has 2 heterocycles. The summed E-state index contributed by atoms with van der Waals surface area (Å²) in [7, 11) is 0. The van der Waals surface area contributed by atoms with Crippen LogP contribution in [0.2, 0.25) is 0 Å². The summed E-state index contributed by atoms with van der Waals surface area (Å²) < 4.78 is 7.36. The second-order valence-electron chi connectivity index (χ2n) is 6.93. The standard InChI is InChI=1S/C21H23N5O2S/c27-20(15-29-21-23-24-25-26(21)14-18-10-6-12-28-18)22-19-11-5-4-9-17(19)13-16-7-2-1-3-8-16/h1-5,7-9,11,18H,6,10,12-15H2,(H,22,27)/t18-/m1/s1. The van der Waals surface area contributed by atoms with Crippen molar-refractivity contribution >= 4 is 23.4 Å². The van der Waals surface area contributed by atoms with E-state index >= 15 is 0 Å². The zero-order valence-electron chi connectivity index (χ0n) is 16.0. The van der Waals surface area contributed by atoms with Crippen molar-refractivity contribution in [3.63, 3.8) is 0 Å². The number of carbonyl (C=O) groups excluding carboxylic acids is 1. The number of para-hydroxylation sites is 1. The molecule has 1 saturated heterocycles. The van der Waals surface area contributed by atoms with Crippen LogP contribution in [0.3, 0.4) is 0 Å². The van der Waals surface area contributed by atoms with Crippen LogP contribution in [0.4, 0.5) is 5.69 Å². The summed E-state index contributed by atoms with van der Waals surface area (Å²) in [6, 6.07) is 18.1. The maximum absolute atomic E-state index is 12.5. The number of benzene rings is 2. The van der Waals surface area contributed by atoms with E-state index in [4.69, 9.17) is 4.74 Å². The van der Waals surface area contributed by atoms with Crippen LogP contribution < -0.4 is 5.32 Å². The summed E-state index contributed by atoms with van der Waals surface area (Å²) in [5.74, 6) is 0.160. The second-order valence-corrected chi connectivity index (χ2v) is 7.88. The first kappa shape index (κ1) is 19.6. The van der Waals surface area contributed by atoms with Crippen LogP contribution in [0.25, 0.3) is 0 Å². The number of anilines is 1. The van der Waals surface area contributed by atoms with Crippen LogP contribution in [0.1, 0.15) is 24.0 Å². The summed E-state index contributed by atoms with van der Waals surface area (Å²) in [4.78, 5) is 12.5. The van der Waals surface area contributed by atoms with Crippen molar-refractivity contribution in [3.8, 4) is 0 Å². The van der Waals surface area contributed by atoms with E-state index in [0.29, 0.717) is 11.7 Å². The van der Waals surface area contributed by atoms with E-state index in [-0.39, 0.29) is 17.8 Å². The number of hydrogen-bond donors (Lipinski definition) is 1. The minimum Gasteiger partial charge on any atom is -0.376 e. The summed E-state index contributed by atoms with van der Waals surface area (Å²) in [6.45, 7) is 1.41. The van der Waals surface area contributed by atoms with E-state index in [9.17, 15) is 4.79 Å². The number of hydrogen-bond acceptors (Lipinski definition) is 6. The molecule has 0 aliphatic carbocycles. The van der Waals surface area contributed by atoms with Crippen LogP contribution in [-0.2, 0) is 22.5 Å². The lowest BCUT2D eigenvalue weighted by atomic mass is 10.0. The Hall–Kier alpha value is -2.71. The molecule has 0 bridgehead atoms. The maximum atomic E-state index is 12.5. The minimum atomic E-state index is -0.0813. The molecular weight excluding hydrogens is 386 g/mol. The van der Waals surface area contributed by atoms with Gasteiger partial charge in [0.1, 0.15) is 0 Å². The van der Waals surface area contributed by atoms with Crippen molar-refractivity contribution in [3.05, 3.63) is 65.7 Å². The molecule has 1 aromatic heterocycles. The van der Waals surface area contributed by atoms with Gasteiger partial charge in [-0.05, 0) is 46.9 Å². The molecule has 7 nitrogen and oxygen atoms in total. The summed E-state index contributed by atoms with van der Waals surface area (Å²) >= 11 is 1.33. The zero-order valence-corrected chi connectivity index (χ0v) is 16.8. The van der Waals surface area contributed by atoms with Gasteiger partial charge in [-0.15, -0.1) is 5.10 Å². The molecule has 0 spiro atoms. The first-order valence-corrected chi connectivity index (χ1v) is 10.7. The van der Waals surface area contributed by atoms with Crippen LogP contribution >= 0.6 is 11.8 Å². The summed E-state index contributed by atoms with van der Waals surface area (Å²) in [5.41, 5.74) is 3.12.